The Bertz CT molecular complexity index is 604. The minimum absolute atomic E-state index is 0.0718. The summed E-state index contributed by atoms with van der Waals surface area (Å²) in [5.41, 5.74) is -2.12. The molecule has 1 aromatic rings. The van der Waals surface area contributed by atoms with Gasteiger partial charge in [-0.05, 0) is 6.92 Å². The third kappa shape index (κ3) is 5.95. The first-order valence-electron chi connectivity index (χ1n) is 6.90. The molecule has 0 aromatic carbocycles. The maximum atomic E-state index is 11.8. The van der Waals surface area contributed by atoms with Crippen molar-refractivity contribution in [3.8, 4) is 0 Å². The Morgan fingerprint density at radius 2 is 1.87 bits per heavy atom. The first-order valence-corrected chi connectivity index (χ1v) is 7.78. The predicted octanol–water partition coefficient (Wildman–Crippen LogP) is 0.622. The Kier molecular flexibility index (Phi) is 5.84. The van der Waals surface area contributed by atoms with Crippen LogP contribution in [0.4, 0.5) is 5.13 Å². The molecule has 0 bridgehead atoms. The standard InChI is InChI=1S/C14H21N3O5S/c1-13(2,3)10(19)17-12-16-8(6-23-12)5-9(18)15-7-14(4,22)11(20)21/h6,22H,5,7H2,1-4H3,(H,15,18)(H,20,21)(H,16,17,19). The van der Waals surface area contributed by atoms with Gasteiger partial charge in [0, 0.05) is 10.8 Å². The molecule has 0 fully saturated rings. The van der Waals surface area contributed by atoms with Crippen molar-refractivity contribution in [1.29, 1.82) is 0 Å². The van der Waals surface area contributed by atoms with E-state index in [2.05, 4.69) is 15.6 Å². The van der Waals surface area contributed by atoms with Crippen molar-refractivity contribution in [3.05, 3.63) is 11.1 Å². The van der Waals surface area contributed by atoms with Crippen LogP contribution < -0.4 is 10.6 Å². The topological polar surface area (TPSA) is 129 Å². The monoisotopic (exact) mass is 343 g/mol. The molecule has 0 aliphatic carbocycles. The van der Waals surface area contributed by atoms with Crippen LogP contribution >= 0.6 is 11.3 Å². The Balaban J connectivity index is 2.55. The SMILES string of the molecule is CC(C)(C)C(=O)Nc1nc(CC(=O)NCC(C)(O)C(=O)O)cs1. The quantitative estimate of drug-likeness (QED) is 0.599. The highest BCUT2D eigenvalue weighted by Gasteiger charge is 2.30. The van der Waals surface area contributed by atoms with Crippen LogP contribution in [0.2, 0.25) is 0 Å². The molecule has 1 atom stereocenters. The number of carboxylic acids is 1. The number of nitrogens with zero attached hydrogens (tertiary/aromatic N) is 1. The molecule has 0 aliphatic rings. The lowest BCUT2D eigenvalue weighted by Gasteiger charge is -2.18. The lowest BCUT2D eigenvalue weighted by atomic mass is 9.96. The van der Waals surface area contributed by atoms with E-state index in [4.69, 9.17) is 5.11 Å². The molecule has 1 aromatic heterocycles. The highest BCUT2D eigenvalue weighted by Crippen LogP contribution is 2.20. The van der Waals surface area contributed by atoms with Crippen molar-refractivity contribution in [2.24, 2.45) is 5.41 Å². The maximum Gasteiger partial charge on any atom is 0.337 e. The van der Waals surface area contributed by atoms with E-state index in [1.807, 2.05) is 0 Å². The maximum absolute atomic E-state index is 11.8. The smallest absolute Gasteiger partial charge is 0.337 e. The van der Waals surface area contributed by atoms with Crippen LogP contribution in [-0.4, -0.2) is 45.1 Å². The number of carbonyl (C=O) groups is 3. The zero-order chi connectivity index (χ0) is 17.8. The first-order chi connectivity index (χ1) is 10.4. The van der Waals surface area contributed by atoms with E-state index < -0.39 is 29.4 Å². The zero-order valence-corrected chi connectivity index (χ0v) is 14.3. The molecule has 23 heavy (non-hydrogen) atoms. The van der Waals surface area contributed by atoms with Crippen molar-refractivity contribution in [2.45, 2.75) is 39.7 Å². The molecule has 1 rings (SSSR count). The fourth-order valence-corrected chi connectivity index (χ4v) is 2.01. The van der Waals surface area contributed by atoms with Gasteiger partial charge in [-0.15, -0.1) is 11.3 Å². The summed E-state index contributed by atoms with van der Waals surface area (Å²) in [6.45, 7) is 6.02. The summed E-state index contributed by atoms with van der Waals surface area (Å²) in [7, 11) is 0. The van der Waals surface area contributed by atoms with E-state index in [0.29, 0.717) is 10.8 Å². The van der Waals surface area contributed by atoms with Gasteiger partial charge in [0.05, 0.1) is 18.7 Å². The van der Waals surface area contributed by atoms with E-state index in [-0.39, 0.29) is 12.3 Å². The lowest BCUT2D eigenvalue weighted by Crippen LogP contribution is -2.46. The molecule has 9 heteroatoms. The van der Waals surface area contributed by atoms with E-state index in [1.165, 1.54) is 11.3 Å². The molecule has 0 aliphatic heterocycles. The summed E-state index contributed by atoms with van der Waals surface area (Å²) in [6.07, 6.45) is -0.0718. The number of nitrogens with one attached hydrogen (secondary N) is 2. The fraction of sp³-hybridized carbons (Fsp3) is 0.571. The zero-order valence-electron chi connectivity index (χ0n) is 13.5. The average Bonchev–Trinajstić information content (AvgIpc) is 2.82. The molecule has 0 spiro atoms. The number of hydrogen-bond donors (Lipinski definition) is 4. The van der Waals surface area contributed by atoms with Crippen molar-refractivity contribution >= 4 is 34.3 Å². The van der Waals surface area contributed by atoms with Crippen molar-refractivity contribution in [3.63, 3.8) is 0 Å². The van der Waals surface area contributed by atoms with Gasteiger partial charge in [0.2, 0.25) is 11.8 Å². The molecule has 1 unspecified atom stereocenters. The average molecular weight is 343 g/mol. The molecular weight excluding hydrogens is 322 g/mol. The van der Waals surface area contributed by atoms with E-state index in [0.717, 1.165) is 6.92 Å². The van der Waals surface area contributed by atoms with Gasteiger partial charge < -0.3 is 20.8 Å². The van der Waals surface area contributed by atoms with Crippen molar-refractivity contribution in [2.75, 3.05) is 11.9 Å². The molecule has 0 radical (unpaired) electrons. The molecule has 2 amide bonds. The van der Waals surface area contributed by atoms with Crippen LogP contribution in [0.5, 0.6) is 0 Å². The number of thiazole rings is 1. The largest absolute Gasteiger partial charge is 0.479 e. The number of hydrogen-bond acceptors (Lipinski definition) is 6. The van der Waals surface area contributed by atoms with Crippen LogP contribution in [0.25, 0.3) is 0 Å². The fourth-order valence-electron chi connectivity index (χ4n) is 1.30. The number of rotatable bonds is 6. The summed E-state index contributed by atoms with van der Waals surface area (Å²) in [4.78, 5) is 38.4. The van der Waals surface area contributed by atoms with Gasteiger partial charge in [-0.3, -0.25) is 9.59 Å². The molecule has 8 nitrogen and oxygen atoms in total. The Labute approximate surface area is 137 Å². The van der Waals surface area contributed by atoms with Crippen LogP contribution in [0, 0.1) is 5.41 Å². The Morgan fingerprint density at radius 3 is 2.39 bits per heavy atom. The van der Waals surface area contributed by atoms with Gasteiger partial charge >= 0.3 is 5.97 Å². The number of aliphatic hydroxyl groups is 1. The number of carbonyl (C=O) groups excluding carboxylic acids is 2. The van der Waals surface area contributed by atoms with Crippen LogP contribution in [-0.2, 0) is 20.8 Å². The highest BCUT2D eigenvalue weighted by molar-refractivity contribution is 7.13. The van der Waals surface area contributed by atoms with Crippen molar-refractivity contribution in [1.82, 2.24) is 10.3 Å². The molecule has 0 saturated heterocycles. The van der Waals surface area contributed by atoms with E-state index in [1.54, 1.807) is 26.2 Å². The minimum atomic E-state index is -2.02. The number of aliphatic carboxylic acids is 1. The van der Waals surface area contributed by atoms with Crippen LogP contribution in [0.15, 0.2) is 5.38 Å². The van der Waals surface area contributed by atoms with E-state index in [9.17, 15) is 19.5 Å². The number of amides is 2. The summed E-state index contributed by atoms with van der Waals surface area (Å²) in [5.74, 6) is -2.07. The Morgan fingerprint density at radius 1 is 1.26 bits per heavy atom. The number of carboxylic acid groups (broad SMARTS) is 1. The summed E-state index contributed by atoms with van der Waals surface area (Å²) in [6, 6.07) is 0. The molecule has 128 valence electrons. The lowest BCUT2D eigenvalue weighted by molar-refractivity contribution is -0.156. The molecular formula is C14H21N3O5S. The van der Waals surface area contributed by atoms with Crippen molar-refractivity contribution < 1.29 is 24.6 Å². The van der Waals surface area contributed by atoms with Gasteiger partial charge in [-0.1, -0.05) is 20.8 Å². The van der Waals surface area contributed by atoms with E-state index >= 15 is 0 Å². The van der Waals surface area contributed by atoms with Crippen LogP contribution in [0.3, 0.4) is 0 Å². The number of anilines is 1. The van der Waals surface area contributed by atoms with Crippen LogP contribution in [0.1, 0.15) is 33.4 Å². The second-order valence-electron chi connectivity index (χ2n) is 6.38. The molecule has 1 heterocycles. The molecule has 0 saturated carbocycles. The highest BCUT2D eigenvalue weighted by atomic mass is 32.1. The summed E-state index contributed by atoms with van der Waals surface area (Å²) < 4.78 is 0. The van der Waals surface area contributed by atoms with Gasteiger partial charge in [-0.25, -0.2) is 9.78 Å². The normalized spacial score (nSPS) is 14.0. The second-order valence-corrected chi connectivity index (χ2v) is 7.24. The van der Waals surface area contributed by atoms with Gasteiger partial charge in [0.1, 0.15) is 0 Å². The predicted molar refractivity (Wildman–Crippen MR) is 85.2 cm³/mol. The molecule has 4 N–H and O–H groups in total. The van der Waals surface area contributed by atoms with Gasteiger partial charge in [0.15, 0.2) is 10.7 Å². The number of aromatic nitrogens is 1. The van der Waals surface area contributed by atoms with Gasteiger partial charge in [0.25, 0.3) is 0 Å². The third-order valence-corrected chi connectivity index (χ3v) is 3.69. The summed E-state index contributed by atoms with van der Waals surface area (Å²) >= 11 is 1.20. The second kappa shape index (κ2) is 7.05. The third-order valence-electron chi connectivity index (χ3n) is 2.89. The minimum Gasteiger partial charge on any atom is -0.479 e. The Hall–Kier alpha value is -2.00. The summed E-state index contributed by atoms with van der Waals surface area (Å²) in [5, 5.41) is 25.3. The first kappa shape index (κ1) is 19.0. The van der Waals surface area contributed by atoms with Gasteiger partial charge in [-0.2, -0.15) is 0 Å².